The van der Waals surface area contributed by atoms with E-state index in [1.807, 2.05) is 30.5 Å². The van der Waals surface area contributed by atoms with Crippen LogP contribution in [0.25, 0.3) is 10.6 Å². The van der Waals surface area contributed by atoms with E-state index in [1.54, 1.807) is 58.9 Å². The van der Waals surface area contributed by atoms with Crippen molar-refractivity contribution < 1.29 is 29.0 Å². The minimum atomic E-state index is -1.12. The number of rotatable bonds is 6. The van der Waals surface area contributed by atoms with E-state index in [9.17, 15) is 19.5 Å². The highest BCUT2D eigenvalue weighted by Crippen LogP contribution is 2.31. The van der Waals surface area contributed by atoms with Crippen molar-refractivity contribution in [1.82, 2.24) is 15.2 Å². The second-order valence-electron chi connectivity index (χ2n) is 11.1. The first kappa shape index (κ1) is 27.4. The predicted molar refractivity (Wildman–Crippen MR) is 137 cm³/mol. The molecule has 0 aliphatic carbocycles. The van der Waals surface area contributed by atoms with Crippen molar-refractivity contribution in [3.05, 3.63) is 35.3 Å². The zero-order chi connectivity index (χ0) is 26.8. The molecule has 3 heterocycles. The van der Waals surface area contributed by atoms with Crippen molar-refractivity contribution in [3.8, 4) is 16.3 Å². The number of hydrogen-bond acceptors (Lipinski definition) is 7. The molecule has 3 atom stereocenters. The fourth-order valence-corrected chi connectivity index (χ4v) is 4.73. The summed E-state index contributed by atoms with van der Waals surface area (Å²) in [5, 5.41) is 14.5. The molecule has 0 radical (unpaired) electrons. The predicted octanol–water partition coefficient (Wildman–Crippen LogP) is 4.49. The van der Waals surface area contributed by atoms with Crippen LogP contribution < -0.4 is 10.1 Å². The average Bonchev–Trinajstić information content (AvgIpc) is 3.39. The van der Waals surface area contributed by atoms with Crippen LogP contribution in [-0.2, 0) is 14.3 Å². The summed E-state index contributed by atoms with van der Waals surface area (Å²) in [6, 6.07) is 5.46. The molecule has 0 spiro atoms. The number of alkyl carbamates (subject to hydrolysis) is 1. The third-order valence-corrected chi connectivity index (χ3v) is 6.50. The first-order valence-corrected chi connectivity index (χ1v) is 12.7. The maximum Gasteiger partial charge on any atom is 0.408 e. The van der Waals surface area contributed by atoms with Crippen LogP contribution in [0.15, 0.2) is 29.6 Å². The maximum absolute atomic E-state index is 13.6. The van der Waals surface area contributed by atoms with E-state index < -0.39 is 47.2 Å². The Bertz CT molecular complexity index is 1100. The smallest absolute Gasteiger partial charge is 0.408 e. The Kier molecular flexibility index (Phi) is 7.97. The van der Waals surface area contributed by atoms with Gasteiger partial charge in [-0.25, -0.2) is 9.59 Å². The normalized spacial score (nSPS) is 19.0. The number of hydrogen-bond donors (Lipinski definition) is 2. The van der Waals surface area contributed by atoms with Gasteiger partial charge in [-0.1, -0.05) is 26.8 Å². The van der Waals surface area contributed by atoms with Gasteiger partial charge in [-0.2, -0.15) is 0 Å². The largest absolute Gasteiger partial charge is 0.488 e. The molecule has 9 nitrogen and oxygen atoms in total. The highest BCUT2D eigenvalue weighted by Gasteiger charge is 2.46. The number of nitrogens with one attached hydrogen (secondary N) is 1. The molecule has 0 bridgehead atoms. The Morgan fingerprint density at radius 1 is 1.19 bits per heavy atom. The van der Waals surface area contributed by atoms with Gasteiger partial charge in [0.15, 0.2) is 0 Å². The van der Waals surface area contributed by atoms with E-state index >= 15 is 0 Å². The molecule has 2 aromatic rings. The van der Waals surface area contributed by atoms with Crippen LogP contribution in [0.4, 0.5) is 4.79 Å². The van der Waals surface area contributed by atoms with Gasteiger partial charge >= 0.3 is 12.1 Å². The van der Waals surface area contributed by atoms with Crippen molar-refractivity contribution in [3.63, 3.8) is 0 Å². The maximum atomic E-state index is 13.6. The zero-order valence-electron chi connectivity index (χ0n) is 21.8. The summed E-state index contributed by atoms with van der Waals surface area (Å²) >= 11 is 1.56. The SMILES string of the molecule is Cc1cc(O[C@@H]2CC(C(=O)O)N(C(=O)[C@@H](NC(=O)OC(C)(C)C)C(C)(C)C)C2)cc(-c2cccs2)n1. The van der Waals surface area contributed by atoms with Crippen LogP contribution in [0.1, 0.15) is 53.7 Å². The minimum absolute atomic E-state index is 0.0775. The number of aliphatic carboxylic acids is 1. The summed E-state index contributed by atoms with van der Waals surface area (Å²) in [6.45, 7) is 12.5. The number of amides is 2. The van der Waals surface area contributed by atoms with Crippen LogP contribution in [-0.4, -0.2) is 63.3 Å². The fraction of sp³-hybridized carbons (Fsp3) is 0.538. The van der Waals surface area contributed by atoms with Gasteiger partial charge in [-0.15, -0.1) is 11.3 Å². The fourth-order valence-electron chi connectivity index (χ4n) is 4.05. The molecule has 0 saturated carbocycles. The van der Waals surface area contributed by atoms with E-state index in [1.165, 1.54) is 4.90 Å². The van der Waals surface area contributed by atoms with Crippen molar-refractivity contribution in [2.24, 2.45) is 5.41 Å². The number of thiophene rings is 1. The summed E-state index contributed by atoms with van der Waals surface area (Å²) in [7, 11) is 0. The van der Waals surface area contributed by atoms with E-state index in [0.717, 1.165) is 16.3 Å². The summed E-state index contributed by atoms with van der Waals surface area (Å²) in [5.41, 5.74) is 0.116. The third-order valence-electron chi connectivity index (χ3n) is 5.61. The summed E-state index contributed by atoms with van der Waals surface area (Å²) in [4.78, 5) is 45.0. The van der Waals surface area contributed by atoms with Crippen LogP contribution in [0.2, 0.25) is 0 Å². The molecule has 0 aromatic carbocycles. The molecule has 1 unspecified atom stereocenters. The third kappa shape index (κ3) is 6.96. The quantitative estimate of drug-likeness (QED) is 0.580. The van der Waals surface area contributed by atoms with Crippen LogP contribution in [0, 0.1) is 12.3 Å². The molecule has 2 amide bonds. The molecule has 1 saturated heterocycles. The lowest BCUT2D eigenvalue weighted by Gasteiger charge is -2.35. The zero-order valence-corrected chi connectivity index (χ0v) is 22.6. The molecular formula is C26H35N3O6S. The lowest BCUT2D eigenvalue weighted by Crippen LogP contribution is -2.57. The lowest BCUT2D eigenvalue weighted by molar-refractivity contribution is -0.150. The van der Waals surface area contributed by atoms with Crippen molar-refractivity contribution in [1.29, 1.82) is 0 Å². The second kappa shape index (κ2) is 10.5. The highest BCUT2D eigenvalue weighted by atomic mass is 32.1. The van der Waals surface area contributed by atoms with E-state index in [0.29, 0.717) is 5.75 Å². The second-order valence-corrected chi connectivity index (χ2v) is 12.0. The summed E-state index contributed by atoms with van der Waals surface area (Å²) in [6.07, 6.45) is -1.14. The standard InChI is InChI=1S/C26H35N3O6S/c1-15-11-16(12-18(27-15)20-9-8-10-36-20)34-17-13-19(23(31)32)29(14-17)22(30)21(25(2,3)4)28-24(33)35-26(5,6)7/h8-12,17,19,21H,13-14H2,1-7H3,(H,28,33)(H,31,32)/t17-,19?,21-/m1/s1. The van der Waals surface area contributed by atoms with Crippen LogP contribution >= 0.6 is 11.3 Å². The number of carbonyl (C=O) groups excluding carboxylic acids is 2. The van der Waals surface area contributed by atoms with Crippen LogP contribution in [0.3, 0.4) is 0 Å². The minimum Gasteiger partial charge on any atom is -0.488 e. The van der Waals surface area contributed by atoms with E-state index in [2.05, 4.69) is 10.3 Å². The van der Waals surface area contributed by atoms with E-state index in [-0.39, 0.29) is 13.0 Å². The van der Waals surface area contributed by atoms with Crippen molar-refractivity contribution in [2.45, 2.75) is 78.7 Å². The molecule has 1 aliphatic rings. The Morgan fingerprint density at radius 2 is 1.89 bits per heavy atom. The Morgan fingerprint density at radius 3 is 2.44 bits per heavy atom. The highest BCUT2D eigenvalue weighted by molar-refractivity contribution is 7.13. The number of pyridine rings is 1. The average molecular weight is 518 g/mol. The molecule has 1 fully saturated rings. The van der Waals surface area contributed by atoms with Gasteiger partial charge in [0.1, 0.15) is 29.5 Å². The molecule has 36 heavy (non-hydrogen) atoms. The number of likely N-dealkylation sites (tertiary alicyclic amines) is 1. The number of carbonyl (C=O) groups is 3. The van der Waals surface area contributed by atoms with Gasteiger partial charge in [0.25, 0.3) is 0 Å². The first-order valence-electron chi connectivity index (χ1n) is 11.9. The molecule has 10 heteroatoms. The van der Waals surface area contributed by atoms with Crippen molar-refractivity contribution >= 4 is 29.3 Å². The molecule has 196 valence electrons. The Hall–Kier alpha value is -3.14. The number of nitrogens with zero attached hydrogens (tertiary/aromatic N) is 2. The number of carboxylic acids is 1. The molecule has 2 aromatic heterocycles. The van der Waals surface area contributed by atoms with Gasteiger partial charge in [-0.3, -0.25) is 9.78 Å². The monoisotopic (exact) mass is 517 g/mol. The summed E-state index contributed by atoms with van der Waals surface area (Å²) < 4.78 is 11.5. The number of ether oxygens (including phenoxy) is 2. The Balaban J connectivity index is 1.80. The lowest BCUT2D eigenvalue weighted by atomic mass is 9.85. The molecule has 2 N–H and O–H groups in total. The van der Waals surface area contributed by atoms with Gasteiger partial charge in [0.05, 0.1) is 17.1 Å². The number of aryl methyl sites for hydroxylation is 1. The summed E-state index contributed by atoms with van der Waals surface area (Å²) in [5.74, 6) is -1.05. The van der Waals surface area contributed by atoms with Crippen molar-refractivity contribution in [2.75, 3.05) is 6.54 Å². The van der Waals surface area contributed by atoms with Gasteiger partial charge < -0.3 is 24.8 Å². The van der Waals surface area contributed by atoms with E-state index in [4.69, 9.17) is 9.47 Å². The Labute approximate surface area is 215 Å². The number of carboxylic acid groups (broad SMARTS) is 1. The van der Waals surface area contributed by atoms with Gasteiger partial charge in [-0.05, 0) is 44.6 Å². The topological polar surface area (TPSA) is 118 Å². The first-order chi connectivity index (χ1) is 16.6. The van der Waals surface area contributed by atoms with Gasteiger partial charge in [0, 0.05) is 24.2 Å². The van der Waals surface area contributed by atoms with Crippen LogP contribution in [0.5, 0.6) is 5.75 Å². The molecular weight excluding hydrogens is 482 g/mol. The molecule has 3 rings (SSSR count). The number of aromatic nitrogens is 1. The van der Waals surface area contributed by atoms with Gasteiger partial charge in [0.2, 0.25) is 5.91 Å². The molecule has 1 aliphatic heterocycles.